The van der Waals surface area contributed by atoms with Crippen LogP contribution in [0.15, 0.2) is 24.3 Å². The van der Waals surface area contributed by atoms with Crippen LogP contribution in [0.4, 0.5) is 0 Å². The summed E-state index contributed by atoms with van der Waals surface area (Å²) in [4.78, 5) is 0. The largest absolute Gasteiger partial charge is 0.508 e. The van der Waals surface area contributed by atoms with Crippen molar-refractivity contribution in [2.75, 3.05) is 0 Å². The first-order valence-electron chi connectivity index (χ1n) is 2.72. The van der Waals surface area contributed by atoms with Crippen LogP contribution < -0.4 is 5.46 Å². The van der Waals surface area contributed by atoms with Crippen LogP contribution in [0.5, 0.6) is 5.75 Å². The summed E-state index contributed by atoms with van der Waals surface area (Å²) in [5.74, 6) is 0.153. The number of phenols is 1. The Morgan fingerprint density at radius 2 is 1.89 bits per heavy atom. The number of hydrogen-bond acceptors (Lipinski definition) is 2. The third-order valence-corrected chi connectivity index (χ3v) is 1.16. The van der Waals surface area contributed by atoms with Crippen LogP contribution in [0.25, 0.3) is 0 Å². The van der Waals surface area contributed by atoms with E-state index in [0.717, 1.165) is 0 Å². The highest BCUT2D eigenvalue weighted by Crippen LogP contribution is 2.00. The van der Waals surface area contributed by atoms with E-state index >= 15 is 0 Å². The minimum absolute atomic E-state index is 0.104. The summed E-state index contributed by atoms with van der Waals surface area (Å²) >= 11 is 0. The fourth-order valence-corrected chi connectivity index (χ4v) is 0.645. The second-order valence-electron chi connectivity index (χ2n) is 1.79. The lowest BCUT2D eigenvalue weighted by Gasteiger charge is -1.95. The maximum absolute atomic E-state index is 8.95. The predicted molar refractivity (Wildman–Crippen MR) is 37.1 cm³/mol. The van der Waals surface area contributed by atoms with Crippen LogP contribution in [0, 0.1) is 0 Å². The minimum atomic E-state index is -0.104. The molecule has 0 aliphatic carbocycles. The Morgan fingerprint density at radius 1 is 1.22 bits per heavy atom. The van der Waals surface area contributed by atoms with E-state index in [9.17, 15) is 0 Å². The van der Waals surface area contributed by atoms with E-state index in [1.807, 2.05) is 0 Å². The third kappa shape index (κ3) is 1.24. The van der Waals surface area contributed by atoms with E-state index in [0.29, 0.717) is 5.46 Å². The van der Waals surface area contributed by atoms with Crippen LogP contribution in [-0.4, -0.2) is 17.6 Å². The predicted octanol–water partition coefficient (Wildman–Crippen LogP) is -0.639. The first-order chi connectivity index (χ1) is 4.34. The number of aromatic hydroxyl groups is 1. The zero-order valence-electron chi connectivity index (χ0n) is 4.91. The van der Waals surface area contributed by atoms with Gasteiger partial charge in [-0.3, -0.25) is 0 Å². The standard InChI is InChI=1S/C6H7BO2/c8-6-4-2-1-3-5(6)7-9/h1-4,7-9H. The zero-order valence-corrected chi connectivity index (χ0v) is 4.91. The van der Waals surface area contributed by atoms with Gasteiger partial charge >= 0.3 is 7.48 Å². The van der Waals surface area contributed by atoms with Crippen molar-refractivity contribution in [3.8, 4) is 5.75 Å². The monoisotopic (exact) mass is 122 g/mol. The molecule has 0 radical (unpaired) electrons. The number of phenolic OH excluding ortho intramolecular Hbond substituents is 1. The highest BCUT2D eigenvalue weighted by molar-refractivity contribution is 6.46. The first-order valence-corrected chi connectivity index (χ1v) is 2.72. The van der Waals surface area contributed by atoms with Crippen LogP contribution in [0.1, 0.15) is 0 Å². The lowest BCUT2D eigenvalue weighted by Crippen LogP contribution is -2.12. The summed E-state index contributed by atoms with van der Waals surface area (Å²) in [6.07, 6.45) is 0. The van der Waals surface area contributed by atoms with Crippen LogP contribution >= 0.6 is 0 Å². The van der Waals surface area contributed by atoms with Gasteiger partial charge in [0.15, 0.2) is 0 Å². The van der Waals surface area contributed by atoms with Gasteiger partial charge in [0.05, 0.1) is 0 Å². The second-order valence-corrected chi connectivity index (χ2v) is 1.79. The van der Waals surface area contributed by atoms with Gasteiger partial charge < -0.3 is 10.1 Å². The second kappa shape index (κ2) is 2.55. The molecule has 0 fully saturated rings. The maximum Gasteiger partial charge on any atom is 0.308 e. The van der Waals surface area contributed by atoms with Crippen molar-refractivity contribution in [1.82, 2.24) is 0 Å². The van der Waals surface area contributed by atoms with Gasteiger partial charge in [-0.05, 0) is 11.5 Å². The smallest absolute Gasteiger partial charge is 0.308 e. The highest BCUT2D eigenvalue weighted by Gasteiger charge is 1.96. The molecule has 0 bridgehead atoms. The first kappa shape index (κ1) is 6.17. The molecule has 0 spiro atoms. The van der Waals surface area contributed by atoms with Crippen LogP contribution in [-0.2, 0) is 0 Å². The Labute approximate surface area is 54.0 Å². The highest BCUT2D eigenvalue weighted by atomic mass is 16.3. The van der Waals surface area contributed by atoms with Crippen molar-refractivity contribution in [1.29, 1.82) is 0 Å². The van der Waals surface area contributed by atoms with Crippen LogP contribution in [0.2, 0.25) is 0 Å². The number of rotatable bonds is 1. The van der Waals surface area contributed by atoms with E-state index in [2.05, 4.69) is 0 Å². The fraction of sp³-hybridized carbons (Fsp3) is 0. The molecule has 1 aromatic rings. The third-order valence-electron chi connectivity index (χ3n) is 1.16. The van der Waals surface area contributed by atoms with Gasteiger partial charge in [-0.25, -0.2) is 0 Å². The lowest BCUT2D eigenvalue weighted by molar-refractivity contribution is 0.478. The minimum Gasteiger partial charge on any atom is -0.508 e. The molecule has 3 heteroatoms. The Morgan fingerprint density at radius 3 is 2.33 bits per heavy atom. The van der Waals surface area contributed by atoms with Gasteiger partial charge in [-0.1, -0.05) is 18.2 Å². The molecule has 2 nitrogen and oxygen atoms in total. The zero-order chi connectivity index (χ0) is 6.69. The number of benzene rings is 1. The van der Waals surface area contributed by atoms with Gasteiger partial charge in [0.1, 0.15) is 5.75 Å². The average molecular weight is 122 g/mol. The molecule has 0 saturated carbocycles. The number of para-hydroxylation sites is 1. The molecule has 0 saturated heterocycles. The van der Waals surface area contributed by atoms with Gasteiger partial charge in [0.25, 0.3) is 0 Å². The summed E-state index contributed by atoms with van der Waals surface area (Å²) in [6.45, 7) is 0. The summed E-state index contributed by atoms with van der Waals surface area (Å²) in [6, 6.07) is 6.71. The Hall–Kier alpha value is -0.955. The topological polar surface area (TPSA) is 40.5 Å². The normalized spacial score (nSPS) is 9.00. The molecule has 1 rings (SSSR count). The van der Waals surface area contributed by atoms with Crippen molar-refractivity contribution in [2.24, 2.45) is 0 Å². The summed E-state index contributed by atoms with van der Waals surface area (Å²) in [7, 11) is -0.104. The molecular weight excluding hydrogens is 115 g/mol. The lowest BCUT2D eigenvalue weighted by atomic mass is 9.88. The molecule has 0 amide bonds. The fourth-order valence-electron chi connectivity index (χ4n) is 0.645. The molecule has 0 atom stereocenters. The van der Waals surface area contributed by atoms with Gasteiger partial charge in [-0.2, -0.15) is 0 Å². The molecule has 46 valence electrons. The Kier molecular flexibility index (Phi) is 1.75. The quantitative estimate of drug-likeness (QED) is 0.486. The van der Waals surface area contributed by atoms with E-state index in [-0.39, 0.29) is 13.2 Å². The summed E-state index contributed by atoms with van der Waals surface area (Å²) in [5, 5.41) is 17.5. The van der Waals surface area contributed by atoms with E-state index in [4.69, 9.17) is 10.1 Å². The van der Waals surface area contributed by atoms with E-state index in [1.54, 1.807) is 24.3 Å². The maximum atomic E-state index is 8.95. The molecule has 0 aromatic heterocycles. The molecular formula is C6H7BO2. The van der Waals surface area contributed by atoms with Crippen molar-refractivity contribution in [2.45, 2.75) is 0 Å². The molecule has 0 aliphatic heterocycles. The van der Waals surface area contributed by atoms with Crippen molar-refractivity contribution in [3.63, 3.8) is 0 Å². The van der Waals surface area contributed by atoms with Gasteiger partial charge in [0, 0.05) is 0 Å². The van der Waals surface area contributed by atoms with Crippen LogP contribution in [0.3, 0.4) is 0 Å². The van der Waals surface area contributed by atoms with Gasteiger partial charge in [-0.15, -0.1) is 0 Å². The number of hydrogen-bond donors (Lipinski definition) is 2. The molecule has 0 unspecified atom stereocenters. The SMILES string of the molecule is OBc1ccccc1O. The Balaban J connectivity index is 3.01. The van der Waals surface area contributed by atoms with Gasteiger partial charge in [0.2, 0.25) is 0 Å². The molecule has 2 N–H and O–H groups in total. The van der Waals surface area contributed by atoms with Crippen molar-refractivity contribution in [3.05, 3.63) is 24.3 Å². The average Bonchev–Trinajstić information content (AvgIpc) is 1.89. The van der Waals surface area contributed by atoms with Crippen molar-refractivity contribution < 1.29 is 10.1 Å². The van der Waals surface area contributed by atoms with E-state index in [1.165, 1.54) is 0 Å². The molecule has 0 aliphatic rings. The summed E-state index contributed by atoms with van der Waals surface area (Å²) < 4.78 is 0. The van der Waals surface area contributed by atoms with E-state index < -0.39 is 0 Å². The summed E-state index contributed by atoms with van der Waals surface area (Å²) in [5.41, 5.74) is 0.567. The van der Waals surface area contributed by atoms with Crippen molar-refractivity contribution >= 4 is 12.9 Å². The molecule has 9 heavy (non-hydrogen) atoms. The molecule has 0 heterocycles. The Bertz CT molecular complexity index is 200. The molecule has 1 aromatic carbocycles.